The lowest BCUT2D eigenvalue weighted by atomic mass is 9.88. The first kappa shape index (κ1) is 16.4. The molecular weight excluding hydrogens is 240 g/mol. The van der Waals surface area contributed by atoms with Gasteiger partial charge >= 0.3 is 0 Å². The summed E-state index contributed by atoms with van der Waals surface area (Å²) in [4.78, 5) is 14.6. The third kappa shape index (κ3) is 3.69. The Balaban J connectivity index is 2.78. The summed E-state index contributed by atoms with van der Waals surface area (Å²) < 4.78 is 5.17. The summed E-state index contributed by atoms with van der Waals surface area (Å²) in [5.74, 6) is 0.243. The Bertz CT molecular complexity index is 317. The second-order valence-electron chi connectivity index (χ2n) is 6.59. The minimum absolute atomic E-state index is 0.0831. The van der Waals surface area contributed by atoms with Crippen LogP contribution in [0.2, 0.25) is 0 Å². The van der Waals surface area contributed by atoms with Gasteiger partial charge in [-0.1, -0.05) is 27.7 Å². The van der Waals surface area contributed by atoms with Crippen LogP contribution in [0.3, 0.4) is 0 Å². The van der Waals surface area contributed by atoms with Crippen molar-refractivity contribution in [2.45, 2.75) is 65.6 Å². The number of carbonyl (C=O) groups excluding carboxylic acids is 1. The van der Waals surface area contributed by atoms with Crippen LogP contribution in [0.1, 0.15) is 53.9 Å². The van der Waals surface area contributed by atoms with Crippen LogP contribution in [0.25, 0.3) is 0 Å². The normalized spacial score (nSPS) is 28.2. The lowest BCUT2D eigenvalue weighted by Crippen LogP contribution is -2.44. The molecule has 1 N–H and O–H groups in total. The zero-order valence-electron chi connectivity index (χ0n) is 13.4. The van der Waals surface area contributed by atoms with Gasteiger partial charge in [-0.3, -0.25) is 10.1 Å². The minimum Gasteiger partial charge on any atom is -0.385 e. The van der Waals surface area contributed by atoms with Gasteiger partial charge in [0.2, 0.25) is 5.91 Å². The van der Waals surface area contributed by atoms with Crippen LogP contribution >= 0.6 is 0 Å². The number of amides is 1. The van der Waals surface area contributed by atoms with Crippen molar-refractivity contribution in [3.63, 3.8) is 0 Å². The molecule has 0 aromatic carbocycles. The summed E-state index contributed by atoms with van der Waals surface area (Å²) in [6.45, 7) is 12.1. The maximum absolute atomic E-state index is 12.6. The molecule has 1 aliphatic heterocycles. The first-order chi connectivity index (χ1) is 8.79. The second kappa shape index (κ2) is 6.23. The molecule has 0 spiro atoms. The SMILES string of the molecule is CCC1NC(C)(CC)C(=O)N1CC(C)(C)CCOC. The van der Waals surface area contributed by atoms with Crippen LogP contribution in [0.5, 0.6) is 0 Å². The molecule has 0 aliphatic carbocycles. The Morgan fingerprint density at radius 1 is 1.42 bits per heavy atom. The van der Waals surface area contributed by atoms with E-state index in [0.29, 0.717) is 0 Å². The standard InChI is InChI=1S/C15H30N2O2/c1-7-12-16-15(5,8-2)13(18)17(12)11-14(3,4)9-10-19-6/h12,16H,7-11H2,1-6H3. The molecule has 1 aliphatic rings. The molecule has 0 radical (unpaired) electrons. The fourth-order valence-electron chi connectivity index (χ4n) is 2.64. The van der Waals surface area contributed by atoms with E-state index in [9.17, 15) is 4.79 Å². The van der Waals surface area contributed by atoms with E-state index in [0.717, 1.165) is 32.4 Å². The van der Waals surface area contributed by atoms with E-state index in [1.54, 1.807) is 7.11 Å². The molecule has 112 valence electrons. The maximum atomic E-state index is 12.6. The van der Waals surface area contributed by atoms with Crippen LogP contribution in [-0.2, 0) is 9.53 Å². The Morgan fingerprint density at radius 2 is 2.05 bits per heavy atom. The number of nitrogens with zero attached hydrogens (tertiary/aromatic N) is 1. The largest absolute Gasteiger partial charge is 0.385 e. The highest BCUT2D eigenvalue weighted by atomic mass is 16.5. The summed E-state index contributed by atoms with van der Waals surface area (Å²) in [6, 6.07) is 0. The van der Waals surface area contributed by atoms with E-state index >= 15 is 0 Å². The molecule has 0 bridgehead atoms. The molecule has 1 rings (SSSR count). The van der Waals surface area contributed by atoms with Crippen molar-refractivity contribution in [3.05, 3.63) is 0 Å². The summed E-state index contributed by atoms with van der Waals surface area (Å²) in [5, 5.41) is 3.49. The van der Waals surface area contributed by atoms with Gasteiger partial charge in [-0.05, 0) is 31.6 Å². The number of rotatable bonds is 7. The molecule has 0 saturated carbocycles. The summed E-state index contributed by atoms with van der Waals surface area (Å²) in [6.07, 6.45) is 2.91. The number of nitrogens with one attached hydrogen (secondary N) is 1. The van der Waals surface area contributed by atoms with Crippen molar-refractivity contribution < 1.29 is 9.53 Å². The van der Waals surface area contributed by atoms with Crippen molar-refractivity contribution >= 4 is 5.91 Å². The highest BCUT2D eigenvalue weighted by molar-refractivity contribution is 5.88. The molecule has 2 atom stereocenters. The first-order valence-electron chi connectivity index (χ1n) is 7.37. The van der Waals surface area contributed by atoms with E-state index in [1.165, 1.54) is 0 Å². The van der Waals surface area contributed by atoms with Gasteiger partial charge in [-0.2, -0.15) is 0 Å². The number of ether oxygens (including phenoxy) is 1. The smallest absolute Gasteiger partial charge is 0.243 e. The average molecular weight is 270 g/mol. The van der Waals surface area contributed by atoms with Gasteiger partial charge in [0.05, 0.1) is 11.7 Å². The quantitative estimate of drug-likeness (QED) is 0.772. The topological polar surface area (TPSA) is 41.6 Å². The van der Waals surface area contributed by atoms with E-state index in [-0.39, 0.29) is 17.5 Å². The van der Waals surface area contributed by atoms with Crippen molar-refractivity contribution in [1.29, 1.82) is 0 Å². The summed E-state index contributed by atoms with van der Waals surface area (Å²) in [5.41, 5.74) is -0.308. The molecule has 1 saturated heterocycles. The highest BCUT2D eigenvalue weighted by Gasteiger charge is 2.47. The lowest BCUT2D eigenvalue weighted by molar-refractivity contribution is -0.134. The number of hydrogen-bond donors (Lipinski definition) is 1. The molecule has 4 heteroatoms. The number of methoxy groups -OCH3 is 1. The molecule has 1 heterocycles. The highest BCUT2D eigenvalue weighted by Crippen LogP contribution is 2.30. The van der Waals surface area contributed by atoms with Gasteiger partial charge in [-0.15, -0.1) is 0 Å². The lowest BCUT2D eigenvalue weighted by Gasteiger charge is -2.33. The van der Waals surface area contributed by atoms with Gasteiger partial charge in [0.1, 0.15) is 0 Å². The molecular formula is C15H30N2O2. The zero-order chi connectivity index (χ0) is 14.7. The number of carbonyl (C=O) groups is 1. The Hall–Kier alpha value is -0.610. The van der Waals surface area contributed by atoms with Gasteiger partial charge in [-0.25, -0.2) is 0 Å². The van der Waals surface area contributed by atoms with Crippen molar-refractivity contribution in [2.24, 2.45) is 5.41 Å². The fraction of sp³-hybridized carbons (Fsp3) is 0.933. The fourth-order valence-corrected chi connectivity index (χ4v) is 2.64. The van der Waals surface area contributed by atoms with Crippen LogP contribution in [0, 0.1) is 5.41 Å². The van der Waals surface area contributed by atoms with E-state index in [2.05, 4.69) is 33.0 Å². The molecule has 19 heavy (non-hydrogen) atoms. The van der Waals surface area contributed by atoms with Gasteiger partial charge < -0.3 is 9.64 Å². The zero-order valence-corrected chi connectivity index (χ0v) is 13.4. The average Bonchev–Trinajstić information content (AvgIpc) is 2.61. The van der Waals surface area contributed by atoms with Gasteiger partial charge in [0.25, 0.3) is 0 Å². The van der Waals surface area contributed by atoms with Crippen molar-refractivity contribution in [2.75, 3.05) is 20.3 Å². The van der Waals surface area contributed by atoms with E-state index in [1.807, 2.05) is 11.8 Å². The maximum Gasteiger partial charge on any atom is 0.243 e. The molecule has 0 aromatic rings. The van der Waals surface area contributed by atoms with Crippen LogP contribution in [0.4, 0.5) is 0 Å². The van der Waals surface area contributed by atoms with Crippen LogP contribution in [-0.4, -0.2) is 42.8 Å². The summed E-state index contributed by atoms with van der Waals surface area (Å²) >= 11 is 0. The number of hydrogen-bond acceptors (Lipinski definition) is 3. The molecule has 0 aromatic heterocycles. The third-order valence-electron chi connectivity index (χ3n) is 4.27. The van der Waals surface area contributed by atoms with Crippen LogP contribution < -0.4 is 5.32 Å². The van der Waals surface area contributed by atoms with Gasteiger partial charge in [0.15, 0.2) is 0 Å². The van der Waals surface area contributed by atoms with Crippen molar-refractivity contribution in [3.8, 4) is 0 Å². The van der Waals surface area contributed by atoms with Crippen molar-refractivity contribution in [1.82, 2.24) is 10.2 Å². The second-order valence-corrected chi connectivity index (χ2v) is 6.59. The molecule has 1 amide bonds. The van der Waals surface area contributed by atoms with Gasteiger partial charge in [0, 0.05) is 20.3 Å². The predicted octanol–water partition coefficient (Wildman–Crippen LogP) is 2.39. The Labute approximate surface area is 117 Å². The summed E-state index contributed by atoms with van der Waals surface area (Å²) in [7, 11) is 1.72. The third-order valence-corrected chi connectivity index (χ3v) is 4.27. The minimum atomic E-state index is -0.391. The molecule has 1 fully saturated rings. The van der Waals surface area contributed by atoms with E-state index in [4.69, 9.17) is 4.74 Å². The Kier molecular flexibility index (Phi) is 5.39. The van der Waals surface area contributed by atoms with Crippen LogP contribution in [0.15, 0.2) is 0 Å². The molecule has 2 unspecified atom stereocenters. The Morgan fingerprint density at radius 3 is 2.53 bits per heavy atom. The first-order valence-corrected chi connectivity index (χ1v) is 7.37. The predicted molar refractivity (Wildman–Crippen MR) is 77.9 cm³/mol. The molecule has 4 nitrogen and oxygen atoms in total. The monoisotopic (exact) mass is 270 g/mol. The van der Waals surface area contributed by atoms with E-state index < -0.39 is 5.54 Å².